The lowest BCUT2D eigenvalue weighted by atomic mass is 10.1. The van der Waals surface area contributed by atoms with Crippen LogP contribution in [-0.4, -0.2) is 197 Å². The van der Waals surface area contributed by atoms with E-state index in [1.807, 2.05) is 0 Å². The molecule has 8 atom stereocenters. The predicted molar refractivity (Wildman–Crippen MR) is 296 cm³/mol. The molecule has 0 saturated carbocycles. The molecule has 1 aromatic heterocycles. The number of aromatic amines is 1. The number of carbonyl (C=O) groups excluding carboxylic acids is 9. The minimum Gasteiger partial charge on any atom is -0.391 e. The summed E-state index contributed by atoms with van der Waals surface area (Å²) >= 11 is 0. The highest BCUT2D eigenvalue weighted by Crippen LogP contribution is 2.20. The topological polar surface area (TPSA) is 541 Å². The Labute approximate surface area is 465 Å². The number of guanidine groups is 1. The van der Waals surface area contributed by atoms with E-state index in [4.69, 9.17) is 45.5 Å². The van der Waals surface area contributed by atoms with Gasteiger partial charge in [0.2, 0.25) is 35.4 Å². The summed E-state index contributed by atoms with van der Waals surface area (Å²) in [7, 11) is 0. The highest BCUT2D eigenvalue weighted by molar-refractivity contribution is 6.40. The first-order valence-electron chi connectivity index (χ1n) is 27.1. The molecule has 31 heteroatoms. The molecule has 80 heavy (non-hydrogen) atoms. The van der Waals surface area contributed by atoms with Gasteiger partial charge < -0.3 is 103 Å². The molecule has 2 heterocycles. The Hall–Kier alpha value is -7.00. The molecule has 0 spiro atoms. The van der Waals surface area contributed by atoms with Gasteiger partial charge in [-0.05, 0) is 117 Å². The zero-order chi connectivity index (χ0) is 59.6. The number of carbonyl (C=O) groups is 9. The lowest BCUT2D eigenvalue weighted by Gasteiger charge is -2.28. The highest BCUT2D eigenvalue weighted by atomic mass is 16.3. The van der Waals surface area contributed by atoms with Gasteiger partial charge in [-0.2, -0.15) is 0 Å². The number of unbranched alkanes of at least 4 members (excludes halogenated alkanes) is 3. The van der Waals surface area contributed by atoms with E-state index >= 15 is 0 Å². The molecule has 0 aromatic carbocycles. The van der Waals surface area contributed by atoms with E-state index in [1.165, 1.54) is 30.4 Å². The van der Waals surface area contributed by atoms with Crippen LogP contribution in [0.5, 0.6) is 0 Å². The molecular weight excluding hydrogens is 1040 g/mol. The minimum atomic E-state index is -1.65. The number of hydrogen-bond donors (Lipinski definition) is 19. The Kier molecular flexibility index (Phi) is 33.3. The molecule has 450 valence electrons. The summed E-state index contributed by atoms with van der Waals surface area (Å²) in [4.78, 5) is 136. The number of hydrogen-bond acceptors (Lipinski definition) is 19. The first-order chi connectivity index (χ1) is 38.2. The van der Waals surface area contributed by atoms with Crippen molar-refractivity contribution in [1.29, 1.82) is 5.41 Å². The molecule has 1 aliphatic heterocycles. The molecule has 0 aliphatic carbocycles. The van der Waals surface area contributed by atoms with Gasteiger partial charge in [-0.3, -0.25) is 48.6 Å². The van der Waals surface area contributed by atoms with Gasteiger partial charge >= 0.3 is 0 Å². The molecule has 1 saturated heterocycles. The van der Waals surface area contributed by atoms with Crippen molar-refractivity contribution in [3.8, 4) is 0 Å². The maximum Gasteiger partial charge on any atom is 0.269 e. The van der Waals surface area contributed by atoms with Crippen LogP contribution in [0.2, 0.25) is 0 Å². The van der Waals surface area contributed by atoms with Crippen molar-refractivity contribution >= 4 is 64.8 Å². The number of nitrogens with two attached hydrogens (primary N) is 7. The van der Waals surface area contributed by atoms with Crippen molar-refractivity contribution in [3.63, 3.8) is 0 Å². The van der Waals surface area contributed by atoms with E-state index in [1.54, 1.807) is 0 Å². The maximum atomic E-state index is 14.4. The molecule has 2 rings (SSSR count). The smallest absolute Gasteiger partial charge is 0.269 e. The lowest BCUT2D eigenvalue weighted by molar-refractivity contribution is -0.136. The van der Waals surface area contributed by atoms with E-state index in [0.29, 0.717) is 70.3 Å². The third kappa shape index (κ3) is 25.4. The summed E-state index contributed by atoms with van der Waals surface area (Å²) in [6.45, 7) is 2.11. The Morgan fingerprint density at radius 1 is 0.775 bits per heavy atom. The van der Waals surface area contributed by atoms with Crippen molar-refractivity contribution in [2.45, 2.75) is 152 Å². The summed E-state index contributed by atoms with van der Waals surface area (Å²) in [5, 5.41) is 48.5. The van der Waals surface area contributed by atoms with Gasteiger partial charge in [0, 0.05) is 51.0 Å². The van der Waals surface area contributed by atoms with Crippen molar-refractivity contribution < 1.29 is 53.4 Å². The molecule has 0 radical (unpaired) electrons. The number of aliphatic imine (C=N–C) groups is 1. The Balaban J connectivity index is 2.45. The first-order valence-corrected chi connectivity index (χ1v) is 27.1. The average molecular weight is 1130 g/mol. The number of imidazole rings is 1. The number of H-pyrrole nitrogens is 1. The molecule has 0 unspecified atom stereocenters. The van der Waals surface area contributed by atoms with E-state index in [-0.39, 0.29) is 95.0 Å². The third-order valence-corrected chi connectivity index (χ3v) is 12.6. The fraction of sp³-hybridized carbons (Fsp3) is 0.673. The molecule has 1 aliphatic rings. The Bertz CT molecular complexity index is 2220. The number of nitrogens with zero attached hydrogens (tertiary/aromatic N) is 3. The molecule has 26 N–H and O–H groups in total. The lowest BCUT2D eigenvalue weighted by Crippen LogP contribution is -2.58. The maximum absolute atomic E-state index is 14.4. The van der Waals surface area contributed by atoms with Crippen LogP contribution in [0.4, 0.5) is 0 Å². The van der Waals surface area contributed by atoms with Crippen LogP contribution in [-0.2, 0) is 49.6 Å². The van der Waals surface area contributed by atoms with Gasteiger partial charge in [0.15, 0.2) is 5.96 Å². The predicted octanol–water partition coefficient (Wildman–Crippen LogP) is -6.89. The van der Waals surface area contributed by atoms with Crippen molar-refractivity contribution in [1.82, 2.24) is 57.4 Å². The van der Waals surface area contributed by atoms with Crippen LogP contribution in [0, 0.1) is 5.41 Å². The second-order valence-electron chi connectivity index (χ2n) is 19.1. The van der Waals surface area contributed by atoms with E-state index < -0.39 is 115 Å². The quantitative estimate of drug-likeness (QED) is 0.0126. The van der Waals surface area contributed by atoms with Crippen molar-refractivity contribution in [2.75, 3.05) is 58.9 Å². The monoisotopic (exact) mass is 1130 g/mol. The van der Waals surface area contributed by atoms with E-state index in [9.17, 15) is 53.4 Å². The zero-order valence-corrected chi connectivity index (χ0v) is 45.8. The third-order valence-electron chi connectivity index (χ3n) is 12.6. The SMILES string of the molecule is C[C@H](NC(=O)[C@@H](NC(=O)C[C@@H](O)CN)[C@@H](O)CN)C(=O)/N=C(\CCCN)C(=O)N1CCC[C@H]1C(=O)N[C@@H](Cc1cnc[nH]1)C(=O)N[C@@H](CCCCN)C(=O)N/C(=C\CCNC(=N)N)C(=O)N[C@@H](CCCCN)C(=O)NCCCCN. The molecule has 1 fully saturated rings. The first kappa shape index (κ1) is 69.1. The fourth-order valence-corrected chi connectivity index (χ4v) is 8.10. The molecular formula is C49H88N20O11. The second kappa shape index (κ2) is 38.6. The van der Waals surface area contributed by atoms with Gasteiger partial charge in [0.25, 0.3) is 17.7 Å². The normalized spacial score (nSPS) is 16.2. The largest absolute Gasteiger partial charge is 0.391 e. The van der Waals surface area contributed by atoms with Crippen LogP contribution < -0.4 is 82.7 Å². The number of amides is 9. The van der Waals surface area contributed by atoms with Crippen LogP contribution >= 0.6 is 0 Å². The van der Waals surface area contributed by atoms with Crippen LogP contribution in [0.25, 0.3) is 0 Å². The van der Waals surface area contributed by atoms with Crippen LogP contribution in [0.3, 0.4) is 0 Å². The number of rotatable bonds is 39. The summed E-state index contributed by atoms with van der Waals surface area (Å²) in [5.41, 5.74) is 39.1. The van der Waals surface area contributed by atoms with Crippen LogP contribution in [0.1, 0.15) is 103 Å². The molecule has 1 aromatic rings. The highest BCUT2D eigenvalue weighted by Gasteiger charge is 2.39. The van der Waals surface area contributed by atoms with Crippen molar-refractivity contribution in [2.24, 2.45) is 45.1 Å². The van der Waals surface area contributed by atoms with Gasteiger partial charge in [-0.1, -0.05) is 6.08 Å². The number of likely N-dealkylation sites (tertiary alicyclic amines) is 1. The Morgan fingerprint density at radius 3 is 2.02 bits per heavy atom. The fourth-order valence-electron chi connectivity index (χ4n) is 8.10. The van der Waals surface area contributed by atoms with E-state index in [0.717, 1.165) is 0 Å². The second-order valence-corrected chi connectivity index (χ2v) is 19.1. The number of aliphatic hydroxyl groups excluding tert-OH is 2. The Morgan fingerprint density at radius 2 is 1.43 bits per heavy atom. The van der Waals surface area contributed by atoms with Gasteiger partial charge in [-0.25, -0.2) is 9.98 Å². The summed E-state index contributed by atoms with van der Waals surface area (Å²) in [6.07, 6.45) is 4.68. The standard InChI is InChI=1S/C49H88N20O11/c1-29(62-47(79)40(38(71)26-55)68-39(72)24-31(70)25-54)41(73)66-35(13-8-19-53)48(80)69-22-10-15-37(69)46(78)67-36(23-30-27-58-28-61-30)45(77)65-33(12-3-5-17-51)43(75)64-34(14-9-21-60-49(56)57)44(76)63-32(11-2-4-16-50)42(74)59-20-7-6-18-52/h14,27-29,31-33,36-38,40,70-71H,2-13,15-26,50-55H2,1H3,(H,58,61)(H,59,74)(H,62,79)(H,63,76)(H,64,75)(H,65,77)(H,67,78)(H,68,72)(H4,56,57,60)/b34-14-,66-35+/t29-,31+,32-,33-,36-,37-,38-,40-/m0/s1. The van der Waals surface area contributed by atoms with Crippen molar-refractivity contribution in [3.05, 3.63) is 30.0 Å². The van der Waals surface area contributed by atoms with E-state index in [2.05, 4.69) is 57.5 Å². The number of aromatic nitrogens is 2. The van der Waals surface area contributed by atoms with Gasteiger partial charge in [0.1, 0.15) is 47.7 Å². The molecule has 0 bridgehead atoms. The van der Waals surface area contributed by atoms with Gasteiger partial charge in [-0.15, -0.1) is 0 Å². The zero-order valence-electron chi connectivity index (χ0n) is 45.8. The number of nitrogens with one attached hydrogen (secondary N) is 10. The van der Waals surface area contributed by atoms with Gasteiger partial charge in [0.05, 0.1) is 25.0 Å². The summed E-state index contributed by atoms with van der Waals surface area (Å²) in [5.74, 6) is -7.68. The minimum absolute atomic E-state index is 0.0249. The van der Waals surface area contributed by atoms with Crippen LogP contribution in [0.15, 0.2) is 29.3 Å². The molecule has 31 nitrogen and oxygen atoms in total. The summed E-state index contributed by atoms with van der Waals surface area (Å²) in [6, 6.07) is -7.99. The number of aliphatic hydroxyl groups is 2. The molecule has 9 amide bonds. The summed E-state index contributed by atoms with van der Waals surface area (Å²) < 4.78 is 0. The average Bonchev–Trinajstić information content (AvgIpc) is 4.15.